The van der Waals surface area contributed by atoms with E-state index in [4.69, 9.17) is 9.84 Å². The molecule has 0 radical (unpaired) electrons. The summed E-state index contributed by atoms with van der Waals surface area (Å²) < 4.78 is 5.64. The Labute approximate surface area is 120 Å². The van der Waals surface area contributed by atoms with Gasteiger partial charge in [0.05, 0.1) is 16.7 Å². The zero-order chi connectivity index (χ0) is 14.7. The highest BCUT2D eigenvalue weighted by molar-refractivity contribution is 9.10. The maximum Gasteiger partial charge on any atom is 0.337 e. The maximum atomic E-state index is 10.9. The van der Waals surface area contributed by atoms with Gasteiger partial charge >= 0.3 is 11.7 Å². The van der Waals surface area contributed by atoms with Crippen LogP contribution in [0.1, 0.15) is 10.4 Å². The first-order valence-electron chi connectivity index (χ1n) is 5.13. The van der Waals surface area contributed by atoms with E-state index in [2.05, 4.69) is 25.9 Å². The van der Waals surface area contributed by atoms with Crippen molar-refractivity contribution in [3.63, 3.8) is 0 Å². The molecule has 0 aliphatic carbocycles. The number of rotatable bonds is 4. The van der Waals surface area contributed by atoms with Crippen LogP contribution in [0.4, 0.5) is 5.69 Å². The van der Waals surface area contributed by atoms with Crippen LogP contribution in [0.3, 0.4) is 0 Å². The number of aromatic nitrogens is 2. The Morgan fingerprint density at radius 3 is 2.75 bits per heavy atom. The van der Waals surface area contributed by atoms with E-state index in [0.717, 1.165) is 6.20 Å². The van der Waals surface area contributed by atoms with Gasteiger partial charge in [-0.15, -0.1) is 0 Å². The summed E-state index contributed by atoms with van der Waals surface area (Å²) in [6, 6.07) is 2.43. The molecule has 0 saturated carbocycles. The Balaban J connectivity index is 2.37. The molecule has 0 saturated heterocycles. The minimum Gasteiger partial charge on any atom is -0.478 e. The van der Waals surface area contributed by atoms with Crippen LogP contribution in [0.25, 0.3) is 0 Å². The summed E-state index contributed by atoms with van der Waals surface area (Å²) in [6.07, 6.45) is 3.70. The van der Waals surface area contributed by atoms with Gasteiger partial charge in [0.2, 0.25) is 0 Å². The van der Waals surface area contributed by atoms with E-state index in [1.165, 1.54) is 24.5 Å². The van der Waals surface area contributed by atoms with Crippen molar-refractivity contribution in [3.05, 3.63) is 50.9 Å². The third-order valence-corrected chi connectivity index (χ3v) is 2.60. The molecule has 0 amide bonds. The summed E-state index contributed by atoms with van der Waals surface area (Å²) in [6.45, 7) is 0. The SMILES string of the molecule is O=C(O)c1cncc(Oc2ncc(Br)cc2[N+](=O)[O-])c1. The quantitative estimate of drug-likeness (QED) is 0.672. The Morgan fingerprint density at radius 1 is 1.35 bits per heavy atom. The first-order chi connectivity index (χ1) is 9.47. The number of ether oxygens (including phenoxy) is 1. The number of hydrogen-bond acceptors (Lipinski definition) is 6. The molecule has 0 unspecified atom stereocenters. The monoisotopic (exact) mass is 339 g/mol. The van der Waals surface area contributed by atoms with Crippen molar-refractivity contribution in [3.8, 4) is 11.6 Å². The van der Waals surface area contributed by atoms with Gasteiger partial charge < -0.3 is 9.84 Å². The molecule has 1 N–H and O–H groups in total. The summed E-state index contributed by atoms with van der Waals surface area (Å²) in [4.78, 5) is 28.5. The number of nitro groups is 1. The first kappa shape index (κ1) is 13.9. The Kier molecular flexibility index (Phi) is 3.89. The Bertz CT molecular complexity index is 692. The molecule has 2 heterocycles. The summed E-state index contributed by atoms with van der Waals surface area (Å²) in [5, 5.41) is 19.7. The number of hydrogen-bond donors (Lipinski definition) is 1. The number of carboxylic acids is 1. The molecule has 2 aromatic heterocycles. The molecule has 20 heavy (non-hydrogen) atoms. The number of nitrogens with zero attached hydrogens (tertiary/aromatic N) is 3. The fraction of sp³-hybridized carbons (Fsp3) is 0. The highest BCUT2D eigenvalue weighted by Gasteiger charge is 2.18. The number of carboxylic acid groups (broad SMARTS) is 1. The second-order valence-corrected chi connectivity index (χ2v) is 4.47. The van der Waals surface area contributed by atoms with Gasteiger partial charge in [-0.2, -0.15) is 0 Å². The lowest BCUT2D eigenvalue weighted by atomic mass is 10.3. The molecular weight excluding hydrogens is 334 g/mol. The zero-order valence-electron chi connectivity index (χ0n) is 9.69. The van der Waals surface area contributed by atoms with Crippen molar-refractivity contribution in [2.75, 3.05) is 0 Å². The first-order valence-corrected chi connectivity index (χ1v) is 5.93. The molecular formula is C11H6BrN3O5. The van der Waals surface area contributed by atoms with Gasteiger partial charge in [0.25, 0.3) is 5.88 Å². The lowest BCUT2D eigenvalue weighted by Crippen LogP contribution is -1.99. The topological polar surface area (TPSA) is 115 Å². The van der Waals surface area contributed by atoms with Crippen molar-refractivity contribution in [1.29, 1.82) is 0 Å². The number of halogens is 1. The fourth-order valence-corrected chi connectivity index (χ4v) is 1.65. The number of carbonyl (C=O) groups is 1. The van der Waals surface area contributed by atoms with Gasteiger partial charge in [0, 0.05) is 22.9 Å². The van der Waals surface area contributed by atoms with E-state index < -0.39 is 10.9 Å². The predicted molar refractivity (Wildman–Crippen MR) is 69.9 cm³/mol. The van der Waals surface area contributed by atoms with E-state index in [1.807, 2.05) is 0 Å². The van der Waals surface area contributed by atoms with Crippen LogP contribution in [0.15, 0.2) is 35.2 Å². The van der Waals surface area contributed by atoms with Gasteiger partial charge in [0.1, 0.15) is 5.75 Å². The van der Waals surface area contributed by atoms with Crippen LogP contribution < -0.4 is 4.74 Å². The molecule has 0 spiro atoms. The fourth-order valence-electron chi connectivity index (χ4n) is 1.33. The average Bonchev–Trinajstić information content (AvgIpc) is 2.41. The van der Waals surface area contributed by atoms with E-state index in [1.54, 1.807) is 0 Å². The number of pyridine rings is 2. The van der Waals surface area contributed by atoms with Crippen molar-refractivity contribution in [1.82, 2.24) is 9.97 Å². The van der Waals surface area contributed by atoms with Crippen LogP contribution in [-0.4, -0.2) is 26.0 Å². The van der Waals surface area contributed by atoms with Gasteiger partial charge in [-0.1, -0.05) is 0 Å². The third-order valence-electron chi connectivity index (χ3n) is 2.17. The summed E-state index contributed by atoms with van der Waals surface area (Å²) in [5.41, 5.74) is -0.442. The number of aromatic carboxylic acids is 1. The minimum atomic E-state index is -1.18. The normalized spacial score (nSPS) is 10.1. The van der Waals surface area contributed by atoms with Crippen LogP contribution in [0.2, 0.25) is 0 Å². The van der Waals surface area contributed by atoms with Crippen molar-refractivity contribution in [2.24, 2.45) is 0 Å². The third kappa shape index (κ3) is 3.06. The molecule has 0 aliphatic rings. The molecule has 0 atom stereocenters. The standard InChI is InChI=1S/C11H6BrN3O5/c12-7-2-9(15(18)19)10(14-4-7)20-8-1-6(11(16)17)3-13-5-8/h1-5H,(H,16,17). The van der Waals surface area contributed by atoms with Gasteiger partial charge in [-0.3, -0.25) is 15.1 Å². The van der Waals surface area contributed by atoms with Gasteiger partial charge in [-0.05, 0) is 22.0 Å². The van der Waals surface area contributed by atoms with E-state index in [0.29, 0.717) is 4.47 Å². The summed E-state index contributed by atoms with van der Waals surface area (Å²) in [7, 11) is 0. The average molecular weight is 340 g/mol. The predicted octanol–water partition coefficient (Wildman–Crippen LogP) is 2.64. The Hall–Kier alpha value is -2.55. The van der Waals surface area contributed by atoms with Crippen LogP contribution in [-0.2, 0) is 0 Å². The second kappa shape index (κ2) is 5.61. The second-order valence-electron chi connectivity index (χ2n) is 3.55. The maximum absolute atomic E-state index is 10.9. The molecule has 0 bridgehead atoms. The van der Waals surface area contributed by atoms with E-state index in [-0.39, 0.29) is 22.9 Å². The smallest absolute Gasteiger partial charge is 0.337 e. The molecule has 2 aromatic rings. The molecule has 0 aromatic carbocycles. The van der Waals surface area contributed by atoms with Gasteiger partial charge in [-0.25, -0.2) is 9.78 Å². The van der Waals surface area contributed by atoms with Crippen LogP contribution in [0.5, 0.6) is 11.6 Å². The summed E-state index contributed by atoms with van der Waals surface area (Å²) >= 11 is 3.07. The molecule has 0 aliphatic heterocycles. The van der Waals surface area contributed by atoms with E-state index in [9.17, 15) is 14.9 Å². The summed E-state index contributed by atoms with van der Waals surface area (Å²) in [5.74, 6) is -1.38. The molecule has 2 rings (SSSR count). The molecule has 9 heteroatoms. The van der Waals surface area contributed by atoms with Crippen molar-refractivity contribution >= 4 is 27.6 Å². The van der Waals surface area contributed by atoms with Crippen LogP contribution in [0, 0.1) is 10.1 Å². The Morgan fingerprint density at radius 2 is 2.10 bits per heavy atom. The van der Waals surface area contributed by atoms with Gasteiger partial charge in [0.15, 0.2) is 0 Å². The molecule has 8 nitrogen and oxygen atoms in total. The van der Waals surface area contributed by atoms with Crippen molar-refractivity contribution < 1.29 is 19.6 Å². The lowest BCUT2D eigenvalue weighted by Gasteiger charge is -2.05. The largest absolute Gasteiger partial charge is 0.478 e. The van der Waals surface area contributed by atoms with Crippen LogP contribution >= 0.6 is 15.9 Å². The van der Waals surface area contributed by atoms with Crippen molar-refractivity contribution in [2.45, 2.75) is 0 Å². The minimum absolute atomic E-state index is 0.0443. The highest BCUT2D eigenvalue weighted by atomic mass is 79.9. The molecule has 102 valence electrons. The lowest BCUT2D eigenvalue weighted by molar-refractivity contribution is -0.386. The molecule has 0 fully saturated rings. The van der Waals surface area contributed by atoms with E-state index >= 15 is 0 Å². The highest BCUT2D eigenvalue weighted by Crippen LogP contribution is 2.31. The zero-order valence-corrected chi connectivity index (χ0v) is 11.3.